The number of benzene rings is 2. The van der Waals surface area contributed by atoms with Crippen molar-refractivity contribution in [2.45, 2.75) is 25.2 Å². The fourth-order valence-electron chi connectivity index (χ4n) is 2.48. The van der Waals surface area contributed by atoms with Gasteiger partial charge in [-0.05, 0) is 50.2 Å². The summed E-state index contributed by atoms with van der Waals surface area (Å²) in [6, 6.07) is 13.9. The number of anilines is 1. The van der Waals surface area contributed by atoms with Crippen LogP contribution in [0.2, 0.25) is 0 Å². The van der Waals surface area contributed by atoms with Crippen LogP contribution in [0, 0.1) is 0 Å². The normalized spacial score (nSPS) is 10.7. The molecule has 0 radical (unpaired) electrons. The van der Waals surface area contributed by atoms with Crippen molar-refractivity contribution >= 4 is 29.3 Å². The summed E-state index contributed by atoms with van der Waals surface area (Å²) in [5.41, 5.74) is 1.43. The fourth-order valence-corrected chi connectivity index (χ4v) is 3.04. The Morgan fingerprint density at radius 3 is 2.53 bits per heavy atom. The van der Waals surface area contributed by atoms with Gasteiger partial charge in [-0.25, -0.2) is 4.79 Å². The molecule has 1 aromatic heterocycles. The molecule has 0 saturated heterocycles. The van der Waals surface area contributed by atoms with Crippen LogP contribution < -0.4 is 10.1 Å². The van der Waals surface area contributed by atoms with E-state index in [2.05, 4.69) is 15.5 Å². The van der Waals surface area contributed by atoms with Gasteiger partial charge in [-0.3, -0.25) is 4.79 Å². The van der Waals surface area contributed by atoms with E-state index in [1.165, 1.54) is 0 Å². The van der Waals surface area contributed by atoms with E-state index in [9.17, 15) is 9.59 Å². The van der Waals surface area contributed by atoms with E-state index in [-0.39, 0.29) is 23.0 Å². The summed E-state index contributed by atoms with van der Waals surface area (Å²) < 4.78 is 15.9. The maximum atomic E-state index is 12.3. The molecule has 0 fully saturated rings. The molecular formula is C21H21N3O5S. The van der Waals surface area contributed by atoms with Crippen LogP contribution in [0.5, 0.6) is 5.75 Å². The Balaban J connectivity index is 1.59. The first-order valence-electron chi connectivity index (χ1n) is 9.17. The quantitative estimate of drug-likeness (QED) is 0.424. The fraction of sp³-hybridized carbons (Fsp3) is 0.238. The van der Waals surface area contributed by atoms with Crippen molar-refractivity contribution in [3.05, 3.63) is 54.1 Å². The minimum absolute atomic E-state index is 0.0395. The topological polar surface area (TPSA) is 104 Å². The summed E-state index contributed by atoms with van der Waals surface area (Å²) in [6.45, 7) is 3.53. The lowest BCUT2D eigenvalue weighted by atomic mass is 10.2. The van der Waals surface area contributed by atoms with Crippen molar-refractivity contribution < 1.29 is 23.5 Å². The number of hydrogen-bond donors (Lipinski definition) is 1. The molecule has 2 aromatic carbocycles. The van der Waals surface area contributed by atoms with Gasteiger partial charge in [0.25, 0.3) is 5.22 Å². The van der Waals surface area contributed by atoms with Crippen molar-refractivity contribution in [2.24, 2.45) is 0 Å². The van der Waals surface area contributed by atoms with Gasteiger partial charge < -0.3 is 19.2 Å². The second-order valence-electron chi connectivity index (χ2n) is 6.44. The monoisotopic (exact) mass is 427 g/mol. The zero-order valence-electron chi connectivity index (χ0n) is 16.7. The number of methoxy groups -OCH3 is 1. The Morgan fingerprint density at radius 2 is 1.83 bits per heavy atom. The molecule has 0 aliphatic carbocycles. The minimum Gasteiger partial charge on any atom is -0.497 e. The molecule has 156 valence electrons. The zero-order valence-corrected chi connectivity index (χ0v) is 17.6. The molecular weight excluding hydrogens is 406 g/mol. The first-order chi connectivity index (χ1) is 14.5. The van der Waals surface area contributed by atoms with Crippen molar-refractivity contribution in [1.82, 2.24) is 10.2 Å². The number of rotatable bonds is 8. The van der Waals surface area contributed by atoms with Gasteiger partial charge in [0.15, 0.2) is 0 Å². The van der Waals surface area contributed by atoms with Crippen molar-refractivity contribution in [3.8, 4) is 17.2 Å². The lowest BCUT2D eigenvalue weighted by molar-refractivity contribution is -0.113. The Morgan fingerprint density at radius 1 is 1.10 bits per heavy atom. The van der Waals surface area contributed by atoms with Crippen LogP contribution >= 0.6 is 11.8 Å². The molecule has 0 aliphatic heterocycles. The number of ether oxygens (including phenoxy) is 2. The lowest BCUT2D eigenvalue weighted by Crippen LogP contribution is -2.18. The molecule has 1 amide bonds. The number of thioether (sulfide) groups is 1. The first-order valence-corrected chi connectivity index (χ1v) is 10.2. The lowest BCUT2D eigenvalue weighted by Gasteiger charge is -2.12. The van der Waals surface area contributed by atoms with Crippen LogP contribution in [0.4, 0.5) is 5.69 Å². The molecule has 0 saturated carbocycles. The van der Waals surface area contributed by atoms with Gasteiger partial charge in [-0.15, -0.1) is 10.2 Å². The Bertz CT molecular complexity index is 1020. The molecule has 1 N–H and O–H groups in total. The molecule has 3 rings (SSSR count). The second-order valence-corrected chi connectivity index (χ2v) is 7.36. The van der Waals surface area contributed by atoms with Crippen LogP contribution in [0.25, 0.3) is 11.5 Å². The van der Waals surface area contributed by atoms with Crippen LogP contribution in [-0.2, 0) is 9.53 Å². The van der Waals surface area contributed by atoms with E-state index in [4.69, 9.17) is 13.9 Å². The van der Waals surface area contributed by atoms with Crippen LogP contribution in [-0.4, -0.2) is 41.0 Å². The highest BCUT2D eigenvalue weighted by atomic mass is 32.2. The number of amides is 1. The third-order valence-corrected chi connectivity index (χ3v) is 4.65. The molecule has 0 bridgehead atoms. The van der Waals surface area contributed by atoms with Gasteiger partial charge in [-0.1, -0.05) is 23.9 Å². The number of para-hydroxylation sites is 1. The van der Waals surface area contributed by atoms with E-state index >= 15 is 0 Å². The van der Waals surface area contributed by atoms with Gasteiger partial charge in [0.1, 0.15) is 5.75 Å². The van der Waals surface area contributed by atoms with Gasteiger partial charge in [0, 0.05) is 5.56 Å². The molecule has 9 heteroatoms. The van der Waals surface area contributed by atoms with Crippen molar-refractivity contribution in [1.29, 1.82) is 0 Å². The first kappa shape index (κ1) is 21.4. The highest BCUT2D eigenvalue weighted by molar-refractivity contribution is 7.99. The van der Waals surface area contributed by atoms with Gasteiger partial charge in [0.2, 0.25) is 11.8 Å². The van der Waals surface area contributed by atoms with Crippen LogP contribution in [0.3, 0.4) is 0 Å². The second kappa shape index (κ2) is 9.93. The predicted molar refractivity (Wildman–Crippen MR) is 113 cm³/mol. The standard InChI is InChI=1S/C21H21N3O5S/c1-13(2)28-20(26)16-6-4-5-7-17(16)22-18(25)12-30-21-24-23-19(29-21)14-8-10-15(27-3)11-9-14/h4-11,13H,12H2,1-3H3,(H,22,25). The Labute approximate surface area is 178 Å². The zero-order chi connectivity index (χ0) is 21.5. The molecule has 0 aliphatic rings. The summed E-state index contributed by atoms with van der Waals surface area (Å²) in [4.78, 5) is 24.5. The molecule has 0 unspecified atom stereocenters. The minimum atomic E-state index is -0.491. The number of aromatic nitrogens is 2. The molecule has 0 atom stereocenters. The van der Waals surface area contributed by atoms with Gasteiger partial charge >= 0.3 is 5.97 Å². The number of esters is 1. The van der Waals surface area contributed by atoms with Gasteiger partial charge in [-0.2, -0.15) is 0 Å². The largest absolute Gasteiger partial charge is 0.497 e. The maximum absolute atomic E-state index is 12.3. The number of hydrogen-bond acceptors (Lipinski definition) is 8. The van der Waals surface area contributed by atoms with Crippen molar-refractivity contribution in [3.63, 3.8) is 0 Å². The van der Waals surface area contributed by atoms with E-state index in [1.807, 2.05) is 0 Å². The average Bonchev–Trinajstić information content (AvgIpc) is 3.21. The summed E-state index contributed by atoms with van der Waals surface area (Å²) in [7, 11) is 1.59. The third-order valence-electron chi connectivity index (χ3n) is 3.83. The number of nitrogens with one attached hydrogen (secondary N) is 1. The average molecular weight is 427 g/mol. The molecule has 3 aromatic rings. The molecule has 0 spiro atoms. The van der Waals surface area contributed by atoms with Crippen LogP contribution in [0.15, 0.2) is 58.2 Å². The highest BCUT2D eigenvalue weighted by Crippen LogP contribution is 2.25. The molecule has 30 heavy (non-hydrogen) atoms. The summed E-state index contributed by atoms with van der Waals surface area (Å²) >= 11 is 1.10. The molecule has 1 heterocycles. The highest BCUT2D eigenvalue weighted by Gasteiger charge is 2.16. The van der Waals surface area contributed by atoms with E-state index in [0.29, 0.717) is 17.1 Å². The van der Waals surface area contributed by atoms with Gasteiger partial charge in [0.05, 0.1) is 30.2 Å². The number of nitrogens with zero attached hydrogens (tertiary/aromatic N) is 2. The Kier molecular flexibility index (Phi) is 7.08. The predicted octanol–water partition coefficient (Wildman–Crippen LogP) is 4.04. The summed E-state index contributed by atoms with van der Waals surface area (Å²) in [5.74, 6) is 0.311. The van der Waals surface area contributed by atoms with E-state index in [1.54, 1.807) is 69.5 Å². The molecule has 8 nitrogen and oxygen atoms in total. The maximum Gasteiger partial charge on any atom is 0.340 e. The van der Waals surface area contributed by atoms with Crippen LogP contribution in [0.1, 0.15) is 24.2 Å². The SMILES string of the molecule is COc1ccc(-c2nnc(SCC(=O)Nc3ccccc3C(=O)OC(C)C)o2)cc1. The summed E-state index contributed by atoms with van der Waals surface area (Å²) in [5, 5.41) is 10.9. The number of carbonyl (C=O) groups is 2. The Hall–Kier alpha value is -3.33. The van der Waals surface area contributed by atoms with E-state index < -0.39 is 5.97 Å². The third kappa shape index (κ3) is 5.60. The summed E-state index contributed by atoms with van der Waals surface area (Å²) in [6.07, 6.45) is -0.255. The van der Waals surface area contributed by atoms with Crippen molar-refractivity contribution in [2.75, 3.05) is 18.2 Å². The smallest absolute Gasteiger partial charge is 0.340 e. The number of carbonyl (C=O) groups excluding carboxylic acids is 2. The van der Waals surface area contributed by atoms with E-state index in [0.717, 1.165) is 23.1 Å².